The Labute approximate surface area is 202 Å². The summed E-state index contributed by atoms with van der Waals surface area (Å²) in [6.07, 6.45) is 8.30. The van der Waals surface area contributed by atoms with E-state index in [0.717, 1.165) is 46.9 Å². The van der Waals surface area contributed by atoms with E-state index in [0.29, 0.717) is 5.15 Å². The van der Waals surface area contributed by atoms with E-state index in [9.17, 15) is 0 Å². The van der Waals surface area contributed by atoms with Crippen molar-refractivity contribution >= 4 is 33.5 Å². The molecule has 3 aromatic heterocycles. The molecule has 0 radical (unpaired) electrons. The normalized spacial score (nSPS) is 31.7. The molecular weight excluding hydrogens is 452 g/mol. The summed E-state index contributed by atoms with van der Waals surface area (Å²) >= 11 is 6.32. The number of halogens is 1. The smallest absolute Gasteiger partial charge is 0.163 e. The lowest BCUT2D eigenvalue weighted by molar-refractivity contribution is -0.185. The average Bonchev–Trinajstić information content (AvgIpc) is 3.44. The number of rotatable bonds is 3. The predicted octanol–water partition coefficient (Wildman–Crippen LogP) is 5.33. The quantitative estimate of drug-likeness (QED) is 0.372. The molecule has 1 saturated heterocycles. The molecule has 2 saturated carbocycles. The van der Waals surface area contributed by atoms with Crippen LogP contribution in [0.1, 0.15) is 39.2 Å². The molecule has 8 heteroatoms. The van der Waals surface area contributed by atoms with Gasteiger partial charge in [0.15, 0.2) is 5.79 Å². The second kappa shape index (κ2) is 7.13. The molecule has 4 aromatic rings. The second-order valence-corrected chi connectivity index (χ2v) is 10.6. The van der Waals surface area contributed by atoms with Crippen LogP contribution in [0.5, 0.6) is 5.75 Å². The summed E-state index contributed by atoms with van der Waals surface area (Å²) in [4.78, 5) is 13.1. The van der Waals surface area contributed by atoms with Crippen molar-refractivity contribution in [3.05, 3.63) is 60.3 Å². The molecule has 7 rings (SSSR count). The minimum absolute atomic E-state index is 0.0102. The molecule has 7 nitrogen and oxygen atoms in total. The zero-order valence-corrected chi connectivity index (χ0v) is 19.8. The Kier molecular flexibility index (Phi) is 4.33. The van der Waals surface area contributed by atoms with Crippen LogP contribution in [-0.4, -0.2) is 43.6 Å². The fraction of sp³-hybridized carbons (Fsp3) is 0.423. The van der Waals surface area contributed by atoms with Crippen LogP contribution in [0.25, 0.3) is 21.9 Å². The molecule has 1 spiro atoms. The third-order valence-corrected chi connectivity index (χ3v) is 8.00. The molecule has 3 aliphatic rings. The number of fused-ring (bicyclic) bond motifs is 4. The van der Waals surface area contributed by atoms with Crippen molar-refractivity contribution in [2.75, 3.05) is 0 Å². The van der Waals surface area contributed by atoms with Crippen LogP contribution in [-0.2, 0) is 9.47 Å². The highest BCUT2D eigenvalue weighted by Crippen LogP contribution is 2.62. The van der Waals surface area contributed by atoms with E-state index in [2.05, 4.69) is 37.8 Å². The van der Waals surface area contributed by atoms with Gasteiger partial charge in [0, 0.05) is 29.3 Å². The zero-order chi connectivity index (χ0) is 23.1. The Hall–Kier alpha value is -2.74. The van der Waals surface area contributed by atoms with Gasteiger partial charge in [0.05, 0.1) is 29.2 Å². The minimum Gasteiger partial charge on any atom is -0.490 e. The van der Waals surface area contributed by atoms with E-state index in [-0.39, 0.29) is 29.8 Å². The van der Waals surface area contributed by atoms with Crippen LogP contribution < -0.4 is 4.74 Å². The van der Waals surface area contributed by atoms with Crippen molar-refractivity contribution < 1.29 is 14.2 Å². The lowest BCUT2D eigenvalue weighted by Crippen LogP contribution is -2.50. The largest absolute Gasteiger partial charge is 0.490 e. The highest BCUT2D eigenvalue weighted by atomic mass is 35.5. The maximum atomic E-state index is 6.49. The SMILES string of the molecule is CC1(C)O[C@H]2[C@H](n3ccc4c(Cl)ncnc43)C[C@]3(C[C@H](Oc4ccc5cccnc5c4)C3)[C@H]2O1. The average molecular weight is 477 g/mol. The van der Waals surface area contributed by atoms with Crippen LogP contribution in [0.3, 0.4) is 0 Å². The van der Waals surface area contributed by atoms with Crippen LogP contribution >= 0.6 is 11.6 Å². The fourth-order valence-electron chi connectivity index (χ4n) is 6.30. The van der Waals surface area contributed by atoms with Crippen LogP contribution in [0.2, 0.25) is 5.15 Å². The van der Waals surface area contributed by atoms with Gasteiger partial charge >= 0.3 is 0 Å². The van der Waals surface area contributed by atoms with Gasteiger partial charge in [0.1, 0.15) is 29.0 Å². The standard InChI is InChI=1S/C26H25ClN4O3/c1-25(2)33-21-20(31-9-7-18-23(27)29-14-30-24(18)31)13-26(22(21)34-25)11-17(12-26)32-16-6-5-15-4-3-8-28-19(15)10-16/h3-10,14,17,20-22H,11-13H2,1-2H3/t17-,20-,21+,22+,26+/m1/s1. The first kappa shape index (κ1) is 20.6. The maximum Gasteiger partial charge on any atom is 0.163 e. The highest BCUT2D eigenvalue weighted by Gasteiger charge is 2.66. The number of aromatic nitrogens is 4. The third kappa shape index (κ3) is 3.07. The molecule has 0 bridgehead atoms. The van der Waals surface area contributed by atoms with Gasteiger partial charge in [-0.3, -0.25) is 4.98 Å². The predicted molar refractivity (Wildman–Crippen MR) is 128 cm³/mol. The topological polar surface area (TPSA) is 71.3 Å². The summed E-state index contributed by atoms with van der Waals surface area (Å²) in [6.45, 7) is 4.00. The van der Waals surface area contributed by atoms with E-state index in [1.54, 1.807) is 0 Å². The molecular formula is C26H25ClN4O3. The van der Waals surface area contributed by atoms with E-state index in [1.165, 1.54) is 6.33 Å². The fourth-order valence-corrected chi connectivity index (χ4v) is 6.49. The number of hydrogen-bond donors (Lipinski definition) is 0. The molecule has 0 unspecified atom stereocenters. The van der Waals surface area contributed by atoms with E-state index < -0.39 is 5.79 Å². The number of benzene rings is 1. The van der Waals surface area contributed by atoms with Crippen molar-refractivity contribution in [3.63, 3.8) is 0 Å². The Morgan fingerprint density at radius 2 is 1.94 bits per heavy atom. The van der Waals surface area contributed by atoms with Crippen molar-refractivity contribution in [1.82, 2.24) is 19.5 Å². The first-order chi connectivity index (χ1) is 16.4. The van der Waals surface area contributed by atoms with Crippen molar-refractivity contribution in [3.8, 4) is 5.75 Å². The first-order valence-electron chi connectivity index (χ1n) is 11.8. The van der Waals surface area contributed by atoms with Crippen LogP contribution in [0, 0.1) is 5.41 Å². The lowest BCUT2D eigenvalue weighted by atomic mass is 9.64. The molecule has 174 valence electrons. The van der Waals surface area contributed by atoms with Crippen LogP contribution in [0.4, 0.5) is 0 Å². The number of nitrogens with zero attached hydrogens (tertiary/aromatic N) is 4. The summed E-state index contributed by atoms with van der Waals surface area (Å²) < 4.78 is 21.5. The number of hydrogen-bond acceptors (Lipinski definition) is 6. The summed E-state index contributed by atoms with van der Waals surface area (Å²) in [5, 5.41) is 2.45. The molecule has 4 heterocycles. The highest BCUT2D eigenvalue weighted by molar-refractivity contribution is 6.33. The van der Waals surface area contributed by atoms with E-state index in [4.69, 9.17) is 25.8 Å². The summed E-state index contributed by atoms with van der Waals surface area (Å²) in [5.74, 6) is 0.246. The lowest BCUT2D eigenvalue weighted by Gasteiger charge is -2.48. The molecule has 2 aliphatic carbocycles. The molecule has 3 atom stereocenters. The Bertz CT molecular complexity index is 1410. The van der Waals surface area contributed by atoms with Gasteiger partial charge in [-0.25, -0.2) is 9.97 Å². The first-order valence-corrected chi connectivity index (χ1v) is 12.1. The van der Waals surface area contributed by atoms with E-state index >= 15 is 0 Å². The van der Waals surface area contributed by atoms with Gasteiger partial charge in [-0.05, 0) is 57.4 Å². The van der Waals surface area contributed by atoms with Gasteiger partial charge in [0.2, 0.25) is 0 Å². The van der Waals surface area contributed by atoms with Gasteiger partial charge < -0.3 is 18.8 Å². The molecule has 3 fully saturated rings. The third-order valence-electron chi connectivity index (χ3n) is 7.69. The molecule has 0 amide bonds. The summed E-state index contributed by atoms with van der Waals surface area (Å²) in [7, 11) is 0. The Balaban J connectivity index is 1.16. The zero-order valence-electron chi connectivity index (χ0n) is 19.0. The minimum atomic E-state index is -0.619. The Morgan fingerprint density at radius 1 is 1.06 bits per heavy atom. The van der Waals surface area contributed by atoms with Crippen LogP contribution in [0.15, 0.2) is 55.1 Å². The van der Waals surface area contributed by atoms with Gasteiger partial charge in [-0.2, -0.15) is 0 Å². The van der Waals surface area contributed by atoms with E-state index in [1.807, 2.05) is 44.3 Å². The number of pyridine rings is 1. The monoisotopic (exact) mass is 476 g/mol. The molecule has 1 aliphatic heterocycles. The summed E-state index contributed by atoms with van der Waals surface area (Å²) in [6, 6.07) is 12.2. The molecule has 34 heavy (non-hydrogen) atoms. The van der Waals surface area contributed by atoms with Crippen molar-refractivity contribution in [1.29, 1.82) is 0 Å². The van der Waals surface area contributed by atoms with Crippen molar-refractivity contribution in [2.24, 2.45) is 5.41 Å². The van der Waals surface area contributed by atoms with Gasteiger partial charge in [-0.15, -0.1) is 0 Å². The Morgan fingerprint density at radius 3 is 2.82 bits per heavy atom. The van der Waals surface area contributed by atoms with Gasteiger partial charge in [-0.1, -0.05) is 17.7 Å². The molecule has 1 aromatic carbocycles. The second-order valence-electron chi connectivity index (χ2n) is 10.3. The van der Waals surface area contributed by atoms with Gasteiger partial charge in [0.25, 0.3) is 0 Å². The molecule has 0 N–H and O–H groups in total. The maximum absolute atomic E-state index is 6.49. The number of ether oxygens (including phenoxy) is 3. The summed E-state index contributed by atoms with van der Waals surface area (Å²) in [5.41, 5.74) is 1.80. The van der Waals surface area contributed by atoms with Crippen molar-refractivity contribution in [2.45, 2.75) is 63.3 Å².